The fraction of sp³-hybridized carbons (Fsp3) is 0.875. The minimum atomic E-state index is -0.446. The first kappa shape index (κ1) is 11.7. The van der Waals surface area contributed by atoms with Crippen LogP contribution in [0.1, 0.15) is 26.7 Å². The van der Waals surface area contributed by atoms with Crippen molar-refractivity contribution in [3.05, 3.63) is 0 Å². The molecular weight excluding hydrogens is 180 g/mol. The van der Waals surface area contributed by atoms with Crippen LogP contribution in [-0.4, -0.2) is 24.7 Å². The lowest BCUT2D eigenvalue weighted by atomic mass is 10.4. The van der Waals surface area contributed by atoms with Crippen molar-refractivity contribution in [3.63, 3.8) is 0 Å². The Morgan fingerprint density at radius 3 is 2.67 bits per heavy atom. The molecule has 0 aliphatic heterocycles. The number of hydrogen-bond donors (Lipinski definition) is 0. The van der Waals surface area contributed by atoms with Gasteiger partial charge in [0.2, 0.25) is 0 Å². The maximum atomic E-state index is 10.4. The summed E-state index contributed by atoms with van der Waals surface area (Å²) in [5.41, 5.74) is 0. The van der Waals surface area contributed by atoms with Crippen molar-refractivity contribution >= 4 is 17.6 Å². The molecule has 0 aliphatic rings. The molecule has 0 aromatic rings. The van der Waals surface area contributed by atoms with Gasteiger partial charge >= 0.3 is 5.97 Å². The normalized spacial score (nSPS) is 12.6. The van der Waals surface area contributed by atoms with Crippen molar-refractivity contribution in [2.75, 3.05) is 12.5 Å². The molecule has 0 aliphatic carbocycles. The molecule has 4 heteroatoms. The van der Waals surface area contributed by atoms with Crippen molar-refractivity contribution in [2.45, 2.75) is 33.0 Å². The fourth-order valence-electron chi connectivity index (χ4n) is 0.714. The largest absolute Gasteiger partial charge is 0.436 e. The lowest BCUT2D eigenvalue weighted by molar-refractivity contribution is -0.172. The average molecular weight is 195 g/mol. The summed E-state index contributed by atoms with van der Waals surface area (Å²) in [6.07, 6.45) is 1.38. The number of carbonyl (C=O) groups is 1. The Balaban J connectivity index is 3.19. The zero-order valence-electron chi connectivity index (χ0n) is 7.51. The summed E-state index contributed by atoms with van der Waals surface area (Å²) in [5, 5.41) is 0. The molecule has 0 saturated heterocycles. The minimum absolute atomic E-state index is 0.320. The van der Waals surface area contributed by atoms with Crippen LogP contribution in [0.15, 0.2) is 0 Å². The van der Waals surface area contributed by atoms with E-state index in [1.807, 2.05) is 0 Å². The van der Waals surface area contributed by atoms with E-state index in [1.165, 1.54) is 6.92 Å². The molecule has 3 nitrogen and oxygen atoms in total. The summed E-state index contributed by atoms with van der Waals surface area (Å²) < 4.78 is 9.89. The maximum Gasteiger partial charge on any atom is 0.304 e. The summed E-state index contributed by atoms with van der Waals surface area (Å²) in [4.78, 5) is 10.4. The quantitative estimate of drug-likeness (QED) is 0.281. The average Bonchev–Trinajstić information content (AvgIpc) is 1.97. The van der Waals surface area contributed by atoms with Gasteiger partial charge < -0.3 is 9.47 Å². The SMILES string of the molecule is CC(=O)OC(C)OCCCCCl. The van der Waals surface area contributed by atoms with Gasteiger partial charge in [-0.25, -0.2) is 0 Å². The maximum absolute atomic E-state index is 10.4. The third kappa shape index (κ3) is 7.82. The zero-order chi connectivity index (χ0) is 9.40. The number of unbranched alkanes of at least 4 members (excludes halogenated alkanes) is 1. The van der Waals surface area contributed by atoms with Gasteiger partial charge in [0.05, 0.1) is 6.61 Å². The van der Waals surface area contributed by atoms with E-state index in [1.54, 1.807) is 6.92 Å². The first-order valence-corrected chi connectivity index (χ1v) is 4.55. The van der Waals surface area contributed by atoms with Crippen molar-refractivity contribution in [3.8, 4) is 0 Å². The van der Waals surface area contributed by atoms with E-state index in [0.29, 0.717) is 12.5 Å². The Bertz CT molecular complexity index is 127. The van der Waals surface area contributed by atoms with Crippen molar-refractivity contribution < 1.29 is 14.3 Å². The van der Waals surface area contributed by atoms with Gasteiger partial charge in [0.15, 0.2) is 6.29 Å². The number of alkyl halides is 1. The van der Waals surface area contributed by atoms with Crippen LogP contribution in [0.2, 0.25) is 0 Å². The third-order valence-electron chi connectivity index (χ3n) is 1.21. The smallest absolute Gasteiger partial charge is 0.304 e. The van der Waals surface area contributed by atoms with Crippen LogP contribution in [0.4, 0.5) is 0 Å². The van der Waals surface area contributed by atoms with Crippen LogP contribution in [0.25, 0.3) is 0 Å². The molecule has 0 bridgehead atoms. The van der Waals surface area contributed by atoms with Gasteiger partial charge in [-0.3, -0.25) is 4.79 Å². The van der Waals surface area contributed by atoms with Crippen LogP contribution in [-0.2, 0) is 14.3 Å². The Hall–Kier alpha value is -0.280. The highest BCUT2D eigenvalue weighted by Crippen LogP contribution is 1.98. The molecule has 0 rings (SSSR count). The van der Waals surface area contributed by atoms with Gasteiger partial charge in [-0.1, -0.05) is 0 Å². The summed E-state index contributed by atoms with van der Waals surface area (Å²) in [5.74, 6) is 0.325. The molecule has 0 aromatic heterocycles. The number of halogens is 1. The third-order valence-corrected chi connectivity index (χ3v) is 1.48. The Morgan fingerprint density at radius 2 is 2.17 bits per heavy atom. The van der Waals surface area contributed by atoms with Gasteiger partial charge in [0, 0.05) is 12.8 Å². The molecule has 0 saturated carbocycles. The van der Waals surface area contributed by atoms with Crippen LogP contribution in [0.3, 0.4) is 0 Å². The molecule has 0 N–H and O–H groups in total. The van der Waals surface area contributed by atoms with Crippen LogP contribution in [0, 0.1) is 0 Å². The molecular formula is C8H15ClO3. The van der Waals surface area contributed by atoms with Crippen molar-refractivity contribution in [1.29, 1.82) is 0 Å². The fourth-order valence-corrected chi connectivity index (χ4v) is 0.903. The second-order valence-electron chi connectivity index (χ2n) is 2.44. The lowest BCUT2D eigenvalue weighted by Crippen LogP contribution is -2.16. The highest BCUT2D eigenvalue weighted by Gasteiger charge is 2.03. The van der Waals surface area contributed by atoms with Crippen LogP contribution >= 0.6 is 11.6 Å². The van der Waals surface area contributed by atoms with E-state index in [2.05, 4.69) is 0 Å². The van der Waals surface area contributed by atoms with Crippen LogP contribution in [0.5, 0.6) is 0 Å². The summed E-state index contributed by atoms with van der Waals surface area (Å²) in [6.45, 7) is 3.64. The van der Waals surface area contributed by atoms with Gasteiger partial charge in [0.25, 0.3) is 0 Å². The zero-order valence-corrected chi connectivity index (χ0v) is 8.26. The minimum Gasteiger partial charge on any atom is -0.436 e. The second-order valence-corrected chi connectivity index (χ2v) is 2.82. The molecule has 0 heterocycles. The number of hydrogen-bond acceptors (Lipinski definition) is 3. The van der Waals surface area contributed by atoms with Crippen molar-refractivity contribution in [2.24, 2.45) is 0 Å². The Morgan fingerprint density at radius 1 is 1.50 bits per heavy atom. The molecule has 0 radical (unpaired) electrons. The van der Waals surface area contributed by atoms with Gasteiger partial charge in [0.1, 0.15) is 0 Å². The molecule has 0 aromatic carbocycles. The van der Waals surface area contributed by atoms with E-state index in [4.69, 9.17) is 21.1 Å². The van der Waals surface area contributed by atoms with Gasteiger partial charge in [-0.15, -0.1) is 11.6 Å². The monoisotopic (exact) mass is 194 g/mol. The number of rotatable bonds is 6. The number of esters is 1. The Kier molecular flexibility index (Phi) is 7.20. The molecule has 0 spiro atoms. The van der Waals surface area contributed by atoms with E-state index >= 15 is 0 Å². The van der Waals surface area contributed by atoms with E-state index < -0.39 is 6.29 Å². The predicted octanol–water partition coefficient (Wildman–Crippen LogP) is 1.93. The summed E-state index contributed by atoms with van der Waals surface area (Å²) >= 11 is 5.46. The molecule has 12 heavy (non-hydrogen) atoms. The standard InChI is InChI=1S/C8H15ClO3/c1-7(10)12-8(2)11-6-4-3-5-9/h8H,3-6H2,1-2H3. The lowest BCUT2D eigenvalue weighted by Gasteiger charge is -2.11. The van der Waals surface area contributed by atoms with E-state index in [0.717, 1.165) is 12.8 Å². The van der Waals surface area contributed by atoms with E-state index in [9.17, 15) is 4.79 Å². The molecule has 72 valence electrons. The van der Waals surface area contributed by atoms with Gasteiger partial charge in [-0.2, -0.15) is 0 Å². The summed E-state index contributed by atoms with van der Waals surface area (Å²) in [6, 6.07) is 0. The first-order valence-electron chi connectivity index (χ1n) is 4.01. The first-order chi connectivity index (χ1) is 5.66. The molecule has 1 unspecified atom stereocenters. The van der Waals surface area contributed by atoms with Crippen LogP contribution < -0.4 is 0 Å². The Labute approximate surface area is 78.0 Å². The topological polar surface area (TPSA) is 35.5 Å². The second kappa shape index (κ2) is 7.37. The highest BCUT2D eigenvalue weighted by atomic mass is 35.5. The van der Waals surface area contributed by atoms with Gasteiger partial charge in [-0.05, 0) is 19.8 Å². The van der Waals surface area contributed by atoms with Crippen molar-refractivity contribution in [1.82, 2.24) is 0 Å². The molecule has 1 atom stereocenters. The number of ether oxygens (including phenoxy) is 2. The molecule has 0 amide bonds. The highest BCUT2D eigenvalue weighted by molar-refractivity contribution is 6.17. The predicted molar refractivity (Wildman–Crippen MR) is 47.1 cm³/mol. The molecule has 0 fully saturated rings. The van der Waals surface area contributed by atoms with E-state index in [-0.39, 0.29) is 5.97 Å². The summed E-state index contributed by atoms with van der Waals surface area (Å²) in [7, 11) is 0. The number of carbonyl (C=O) groups excluding carboxylic acids is 1.